The van der Waals surface area contributed by atoms with Gasteiger partial charge in [0.05, 0.1) is 5.56 Å². The van der Waals surface area contributed by atoms with Crippen molar-refractivity contribution >= 4 is 17.6 Å². The third kappa shape index (κ3) is 7.57. The molecule has 1 aromatic heterocycles. The van der Waals surface area contributed by atoms with Crippen molar-refractivity contribution in [1.82, 2.24) is 20.2 Å². The maximum atomic E-state index is 12.5. The Morgan fingerprint density at radius 1 is 1.07 bits per heavy atom. The minimum atomic E-state index is -4.23. The fourth-order valence-electron chi connectivity index (χ4n) is 5.04. The number of nitrogens with two attached hydrogens (primary N) is 2. The summed E-state index contributed by atoms with van der Waals surface area (Å²) in [4.78, 5) is 0. The Hall–Kier alpha value is -3.05. The second-order valence-electron chi connectivity index (χ2n) is 10.1. The number of benzene rings is 2. The van der Waals surface area contributed by atoms with E-state index < -0.39 is 11.7 Å². The number of hydrazone groups is 1. The number of halogens is 3. The smallest absolute Gasteiger partial charge is 0.321 e. The number of aromatic nitrogens is 3. The van der Waals surface area contributed by atoms with Crippen molar-refractivity contribution < 1.29 is 13.2 Å². The lowest BCUT2D eigenvalue weighted by atomic mass is 9.91. The highest BCUT2D eigenvalue weighted by molar-refractivity contribution is 7.99. The van der Waals surface area contributed by atoms with Crippen LogP contribution in [0.15, 0.2) is 58.8 Å². The molecule has 2 unspecified atom stereocenters. The number of unbranched alkanes of at least 4 members (excludes halogenated alkanes) is 1. The first-order valence-electron chi connectivity index (χ1n) is 13.7. The van der Waals surface area contributed by atoms with E-state index in [9.17, 15) is 13.2 Å². The van der Waals surface area contributed by atoms with Crippen LogP contribution < -0.4 is 17.1 Å². The van der Waals surface area contributed by atoms with E-state index in [2.05, 4.69) is 41.5 Å². The van der Waals surface area contributed by atoms with Crippen LogP contribution in [0.3, 0.4) is 0 Å². The highest BCUT2D eigenvalue weighted by Crippen LogP contribution is 2.64. The summed E-state index contributed by atoms with van der Waals surface area (Å²) in [6.45, 7) is 6.53. The molecule has 218 valence electrons. The van der Waals surface area contributed by atoms with Gasteiger partial charge in [0.1, 0.15) is 0 Å². The van der Waals surface area contributed by atoms with Crippen LogP contribution in [-0.4, -0.2) is 26.4 Å². The van der Waals surface area contributed by atoms with Crippen molar-refractivity contribution in [1.29, 1.82) is 0 Å². The molecule has 40 heavy (non-hydrogen) atoms. The number of thioether (sulfide) groups is 1. The molecule has 0 spiro atoms. The van der Waals surface area contributed by atoms with Gasteiger partial charge in [-0.3, -0.25) is 0 Å². The van der Waals surface area contributed by atoms with E-state index in [4.69, 9.17) is 11.7 Å². The Morgan fingerprint density at radius 2 is 1.75 bits per heavy atom. The van der Waals surface area contributed by atoms with Crippen LogP contribution in [0.5, 0.6) is 0 Å². The summed E-state index contributed by atoms with van der Waals surface area (Å²) in [7, 11) is 1.98. The second kappa shape index (κ2) is 14.0. The minimum absolute atomic E-state index is 0.356. The van der Waals surface area contributed by atoms with Gasteiger partial charge < -0.3 is 15.8 Å². The van der Waals surface area contributed by atoms with Crippen LogP contribution in [0.1, 0.15) is 81.9 Å². The van der Waals surface area contributed by atoms with Crippen molar-refractivity contribution in [2.75, 3.05) is 5.75 Å². The van der Waals surface area contributed by atoms with Gasteiger partial charge in [-0.15, -0.1) is 10.2 Å². The molecular formula is C29H40F3N7S. The molecular weight excluding hydrogens is 535 g/mol. The number of rotatable bonds is 10. The van der Waals surface area contributed by atoms with E-state index in [0.29, 0.717) is 17.2 Å². The Balaban J connectivity index is 0.000000225. The first-order valence-corrected chi connectivity index (χ1v) is 14.7. The van der Waals surface area contributed by atoms with Gasteiger partial charge in [0.2, 0.25) is 0 Å². The molecule has 1 heterocycles. The monoisotopic (exact) mass is 575 g/mol. The van der Waals surface area contributed by atoms with Crippen LogP contribution in [-0.2, 0) is 13.2 Å². The molecule has 1 fully saturated rings. The zero-order valence-corrected chi connectivity index (χ0v) is 24.4. The average molecular weight is 576 g/mol. The van der Waals surface area contributed by atoms with Crippen molar-refractivity contribution in [2.45, 2.75) is 76.5 Å². The molecule has 2 atom stereocenters. The molecule has 2 aromatic carbocycles. The van der Waals surface area contributed by atoms with Crippen LogP contribution >= 0.6 is 11.8 Å². The SMILES string of the molecule is CCCC1(CC)CC1c1ccc(C(F)(F)F)cc1.CCCCSc1nnc(-c2ccc(/C(=N/N)NN)cc2)n1C. The molecule has 3 aromatic rings. The summed E-state index contributed by atoms with van der Waals surface area (Å²) in [5, 5.41) is 13.0. The number of hydrazine groups is 1. The Kier molecular flexibility index (Phi) is 11.0. The highest BCUT2D eigenvalue weighted by atomic mass is 32.2. The molecule has 7 nitrogen and oxygen atoms in total. The molecule has 0 aliphatic heterocycles. The molecule has 0 radical (unpaired) electrons. The van der Waals surface area contributed by atoms with Gasteiger partial charge in [-0.25, -0.2) is 5.84 Å². The summed E-state index contributed by atoms with van der Waals surface area (Å²) >= 11 is 1.73. The van der Waals surface area contributed by atoms with E-state index in [1.807, 2.05) is 35.9 Å². The standard InChI is InChI=1S/C15H19F3.C14H21N7S/c1-3-9-14(4-2)10-13(14)11-5-7-12(8-6-11)15(16,17)18;1-3-4-9-22-14-20-19-13(21(14)2)11-7-5-10(6-8-11)12(17-15)18-16/h5-8,13H,3-4,9-10H2,1-2H3;5-8H,3-4,9,15-16H2,1-2H3,(H,17,18). The predicted octanol–water partition coefficient (Wildman–Crippen LogP) is 6.85. The fraction of sp³-hybridized carbons (Fsp3) is 0.483. The number of alkyl halides is 3. The van der Waals surface area contributed by atoms with Crippen LogP contribution in [0.2, 0.25) is 0 Å². The summed E-state index contributed by atoms with van der Waals surface area (Å²) < 4.78 is 39.4. The first-order chi connectivity index (χ1) is 19.1. The van der Waals surface area contributed by atoms with Crippen LogP contribution in [0.4, 0.5) is 13.2 Å². The lowest BCUT2D eigenvalue weighted by molar-refractivity contribution is -0.137. The molecule has 1 aliphatic rings. The van der Waals surface area contributed by atoms with Crippen molar-refractivity contribution in [2.24, 2.45) is 29.2 Å². The van der Waals surface area contributed by atoms with Crippen molar-refractivity contribution in [3.05, 3.63) is 65.2 Å². The van der Waals surface area contributed by atoms with Gasteiger partial charge in [-0.05, 0) is 54.7 Å². The summed E-state index contributed by atoms with van der Waals surface area (Å²) in [5.74, 6) is 13.4. The number of nitrogens with zero attached hydrogens (tertiary/aromatic N) is 4. The maximum absolute atomic E-state index is 12.5. The number of hydrogen-bond acceptors (Lipinski definition) is 6. The molecule has 11 heteroatoms. The normalized spacial score (nSPS) is 18.7. The highest BCUT2D eigenvalue weighted by Gasteiger charge is 2.52. The minimum Gasteiger partial charge on any atom is -0.321 e. The molecule has 0 bridgehead atoms. The van der Waals surface area contributed by atoms with Crippen molar-refractivity contribution in [3.8, 4) is 11.4 Å². The van der Waals surface area contributed by atoms with Gasteiger partial charge >= 0.3 is 6.18 Å². The van der Waals surface area contributed by atoms with Crippen molar-refractivity contribution in [3.63, 3.8) is 0 Å². The van der Waals surface area contributed by atoms with E-state index in [1.165, 1.54) is 31.4 Å². The second-order valence-corrected chi connectivity index (χ2v) is 11.2. The van der Waals surface area contributed by atoms with E-state index in [-0.39, 0.29) is 0 Å². The summed E-state index contributed by atoms with van der Waals surface area (Å²) in [5.41, 5.74) is 5.13. The zero-order chi connectivity index (χ0) is 29.3. The number of hydrogen-bond donors (Lipinski definition) is 3. The van der Waals surface area contributed by atoms with Gasteiger partial charge in [-0.2, -0.15) is 18.3 Å². The first kappa shape index (κ1) is 31.5. The topological polar surface area (TPSA) is 107 Å². The predicted molar refractivity (Wildman–Crippen MR) is 157 cm³/mol. The summed E-state index contributed by atoms with van der Waals surface area (Å²) in [6, 6.07) is 13.4. The zero-order valence-electron chi connectivity index (χ0n) is 23.6. The molecule has 4 rings (SSSR count). The molecule has 1 saturated carbocycles. The Bertz CT molecular complexity index is 1240. The molecule has 0 saturated heterocycles. The van der Waals surface area contributed by atoms with Gasteiger partial charge in [0, 0.05) is 23.9 Å². The van der Waals surface area contributed by atoms with Gasteiger partial charge in [0.15, 0.2) is 16.8 Å². The molecule has 5 N–H and O–H groups in total. The largest absolute Gasteiger partial charge is 0.416 e. The Morgan fingerprint density at radius 3 is 2.27 bits per heavy atom. The fourth-order valence-corrected chi connectivity index (χ4v) is 6.03. The van der Waals surface area contributed by atoms with E-state index in [1.54, 1.807) is 23.9 Å². The third-order valence-corrected chi connectivity index (χ3v) is 8.63. The van der Waals surface area contributed by atoms with Gasteiger partial charge in [-0.1, -0.05) is 81.8 Å². The average Bonchev–Trinajstić information content (AvgIpc) is 3.56. The maximum Gasteiger partial charge on any atom is 0.416 e. The lowest BCUT2D eigenvalue weighted by Gasteiger charge is -2.14. The van der Waals surface area contributed by atoms with Gasteiger partial charge in [0.25, 0.3) is 0 Å². The molecule has 0 amide bonds. The lowest BCUT2D eigenvalue weighted by Crippen LogP contribution is -2.31. The number of amidine groups is 1. The van der Waals surface area contributed by atoms with Crippen LogP contribution in [0, 0.1) is 5.41 Å². The third-order valence-electron chi connectivity index (χ3n) is 7.53. The number of nitrogens with one attached hydrogen (secondary N) is 1. The molecule has 1 aliphatic carbocycles. The van der Waals surface area contributed by atoms with E-state index in [0.717, 1.165) is 52.7 Å². The van der Waals surface area contributed by atoms with Crippen LogP contribution in [0.25, 0.3) is 11.4 Å². The quantitative estimate of drug-likeness (QED) is 0.0610. The van der Waals surface area contributed by atoms with E-state index >= 15 is 0 Å². The summed E-state index contributed by atoms with van der Waals surface area (Å²) in [6.07, 6.45) is 2.69. The Labute approximate surface area is 239 Å².